The third-order valence-electron chi connectivity index (χ3n) is 10.9. The van der Waals surface area contributed by atoms with E-state index in [9.17, 15) is 38.7 Å². The fourth-order valence-corrected chi connectivity index (χ4v) is 8.91. The molecule has 1 spiro atoms. The van der Waals surface area contributed by atoms with Crippen LogP contribution in [0.2, 0.25) is 0 Å². The van der Waals surface area contributed by atoms with E-state index in [1.807, 2.05) is 0 Å². The number of fused-ring (bicyclic) bond motifs is 3. The van der Waals surface area contributed by atoms with Gasteiger partial charge in [0.05, 0.1) is 23.3 Å². The van der Waals surface area contributed by atoms with Gasteiger partial charge < -0.3 is 43.0 Å². The molecule has 2 aliphatic heterocycles. The highest BCUT2D eigenvalue weighted by Gasteiger charge is 2.82. The number of rotatable bonds is 10. The average molecular weight is 801 g/mol. The first-order chi connectivity index (χ1) is 25.4. The van der Waals surface area contributed by atoms with Crippen molar-refractivity contribution in [3.05, 3.63) is 12.2 Å². The van der Waals surface area contributed by atoms with E-state index in [2.05, 4.69) is 6.58 Å². The standard InChI is InChI=1S/C38H53ClO16/c1-16(2)12-26(44)53-24-14-25(49-20(7)40)36(11)30(34(52-23(10)43)38(47)19(6)35(46)55-31(38)28(39)18(24)5)37(15-48-37)33(51-22(9)42)29(32(36)50-21(8)41)54-27(45)13-17(3)4/h16-17,19,24-25,28-34,47H,5,12-15H2,1-4,6-11H3/t19-,24+,25-,28-,29+,30+,31-,32-,33+,34-,36+,37-,38-/m0/s1. The molecule has 4 fully saturated rings. The lowest BCUT2D eigenvalue weighted by Crippen LogP contribution is -2.77. The average Bonchev–Trinajstić information content (AvgIpc) is 3.79. The second kappa shape index (κ2) is 16.4. The van der Waals surface area contributed by atoms with Crippen molar-refractivity contribution < 1.29 is 76.6 Å². The summed E-state index contributed by atoms with van der Waals surface area (Å²) in [6.45, 7) is 18.0. The molecule has 13 atom stereocenters. The van der Waals surface area contributed by atoms with Crippen molar-refractivity contribution in [3.8, 4) is 0 Å². The normalized spacial score (nSPS) is 38.2. The highest BCUT2D eigenvalue weighted by atomic mass is 35.5. The number of hydrogen-bond acceptors (Lipinski definition) is 16. The minimum Gasteiger partial charge on any atom is -0.462 e. The van der Waals surface area contributed by atoms with Gasteiger partial charge in [-0.15, -0.1) is 11.6 Å². The second-order valence-corrected chi connectivity index (χ2v) is 16.6. The van der Waals surface area contributed by atoms with Crippen LogP contribution in [0.1, 0.15) is 88.5 Å². The number of carbonyl (C=O) groups excluding carboxylic acids is 7. The Labute approximate surface area is 325 Å². The molecule has 2 saturated heterocycles. The van der Waals surface area contributed by atoms with Gasteiger partial charge in [-0.25, -0.2) is 0 Å². The maximum atomic E-state index is 13.5. The zero-order valence-corrected chi connectivity index (χ0v) is 33.7. The Morgan fingerprint density at radius 3 is 1.76 bits per heavy atom. The maximum absolute atomic E-state index is 13.5. The summed E-state index contributed by atoms with van der Waals surface area (Å²) in [6, 6.07) is 0. The van der Waals surface area contributed by atoms with E-state index in [-0.39, 0.29) is 36.9 Å². The number of alkyl halides is 1. The summed E-state index contributed by atoms with van der Waals surface area (Å²) in [4.78, 5) is 92.7. The molecule has 0 aromatic heterocycles. The van der Waals surface area contributed by atoms with Crippen LogP contribution in [-0.4, -0.2) is 113 Å². The van der Waals surface area contributed by atoms with E-state index >= 15 is 0 Å². The maximum Gasteiger partial charge on any atom is 0.312 e. The molecular formula is C38H53ClO16. The molecule has 0 bridgehead atoms. The number of halogens is 1. The fourth-order valence-electron chi connectivity index (χ4n) is 8.52. The van der Waals surface area contributed by atoms with Crippen LogP contribution in [0.5, 0.6) is 0 Å². The van der Waals surface area contributed by atoms with Gasteiger partial charge in [0.1, 0.15) is 23.9 Å². The SMILES string of the molecule is C=C1[C@H](OC(=O)CC(C)C)C[C@H](OC(C)=O)[C@@]2(C)[C@@H](OC(C)=O)[C@@H](OC(=O)CC(C)C)[C@@H](OC(C)=O)[C@]3(CO3)[C@@H]2[C@H](OC(C)=O)[C@]2(O)[C@@H](C)C(=O)O[C@H]2[C@H]1Cl. The van der Waals surface area contributed by atoms with E-state index in [4.69, 9.17) is 49.5 Å². The predicted molar refractivity (Wildman–Crippen MR) is 189 cm³/mol. The lowest BCUT2D eigenvalue weighted by atomic mass is 9.51. The van der Waals surface area contributed by atoms with Gasteiger partial charge in [-0.2, -0.15) is 0 Å². The number of hydrogen-bond donors (Lipinski definition) is 1. The molecule has 0 unspecified atom stereocenters. The van der Waals surface area contributed by atoms with Crippen LogP contribution in [-0.2, 0) is 71.5 Å². The number of ether oxygens (including phenoxy) is 8. The minimum absolute atomic E-state index is 0.0479. The number of esters is 7. The van der Waals surface area contributed by atoms with Gasteiger partial charge in [0.2, 0.25) is 0 Å². The Bertz CT molecular complexity index is 1570. The molecule has 0 aromatic rings. The molecule has 1 N–H and O–H groups in total. The van der Waals surface area contributed by atoms with Gasteiger partial charge in [0, 0.05) is 52.9 Å². The van der Waals surface area contributed by atoms with E-state index in [1.165, 1.54) is 13.8 Å². The van der Waals surface area contributed by atoms with Gasteiger partial charge in [-0.1, -0.05) is 41.2 Å². The summed E-state index contributed by atoms with van der Waals surface area (Å²) in [5, 5.41) is 11.6. The lowest BCUT2D eigenvalue weighted by molar-refractivity contribution is -0.287. The topological polar surface area (TPSA) is 217 Å². The summed E-state index contributed by atoms with van der Waals surface area (Å²) >= 11 is 7.04. The van der Waals surface area contributed by atoms with Gasteiger partial charge in [-0.05, 0) is 24.3 Å². The molecule has 16 nitrogen and oxygen atoms in total. The van der Waals surface area contributed by atoms with Crippen molar-refractivity contribution in [2.75, 3.05) is 6.61 Å². The summed E-state index contributed by atoms with van der Waals surface area (Å²) < 4.78 is 47.9. The van der Waals surface area contributed by atoms with Crippen molar-refractivity contribution in [2.24, 2.45) is 29.1 Å². The molecule has 4 aliphatic rings. The van der Waals surface area contributed by atoms with Crippen LogP contribution in [0, 0.1) is 29.1 Å². The van der Waals surface area contributed by atoms with Crippen LogP contribution in [0.4, 0.5) is 0 Å². The molecule has 0 radical (unpaired) electrons. The Kier molecular flexibility index (Phi) is 13.1. The van der Waals surface area contributed by atoms with Crippen molar-refractivity contribution >= 4 is 53.4 Å². The van der Waals surface area contributed by atoms with Crippen molar-refractivity contribution in [2.45, 2.75) is 148 Å². The van der Waals surface area contributed by atoms with E-state index < -0.39 is 125 Å². The van der Waals surface area contributed by atoms with Crippen molar-refractivity contribution in [1.29, 1.82) is 0 Å². The molecule has 2 heterocycles. The van der Waals surface area contributed by atoms with Gasteiger partial charge >= 0.3 is 41.8 Å². The highest BCUT2D eigenvalue weighted by Crippen LogP contribution is 2.64. The Hall–Kier alpha value is -3.76. The smallest absolute Gasteiger partial charge is 0.312 e. The quantitative estimate of drug-likeness (QED) is 0.110. The predicted octanol–water partition coefficient (Wildman–Crippen LogP) is 2.89. The summed E-state index contributed by atoms with van der Waals surface area (Å²) in [5.41, 5.74) is -6.46. The van der Waals surface area contributed by atoms with Crippen LogP contribution in [0.25, 0.3) is 0 Å². The number of aliphatic hydroxyl groups is 1. The zero-order chi connectivity index (χ0) is 41.5. The number of epoxide rings is 1. The molecule has 308 valence electrons. The fraction of sp³-hybridized carbons (Fsp3) is 0.763. The molecule has 0 amide bonds. The first-order valence-electron chi connectivity index (χ1n) is 18.4. The molecular weight excluding hydrogens is 748 g/mol. The van der Waals surface area contributed by atoms with Crippen LogP contribution in [0.3, 0.4) is 0 Å². The van der Waals surface area contributed by atoms with Crippen LogP contribution in [0.15, 0.2) is 12.2 Å². The Balaban J connectivity index is 2.17. The van der Waals surface area contributed by atoms with Gasteiger partial charge in [0.15, 0.2) is 30.0 Å². The third-order valence-corrected chi connectivity index (χ3v) is 11.4. The van der Waals surface area contributed by atoms with Crippen LogP contribution >= 0.6 is 11.6 Å². The molecule has 4 rings (SSSR count). The first kappa shape index (κ1) is 44.0. The second-order valence-electron chi connectivity index (χ2n) is 16.1. The highest BCUT2D eigenvalue weighted by molar-refractivity contribution is 6.23. The van der Waals surface area contributed by atoms with Crippen molar-refractivity contribution in [1.82, 2.24) is 0 Å². The van der Waals surface area contributed by atoms with E-state index in [1.54, 1.807) is 27.7 Å². The van der Waals surface area contributed by atoms with E-state index in [0.29, 0.717) is 0 Å². The molecule has 2 aliphatic carbocycles. The van der Waals surface area contributed by atoms with Crippen LogP contribution < -0.4 is 0 Å². The summed E-state index contributed by atoms with van der Waals surface area (Å²) in [5.74, 6) is -9.38. The Morgan fingerprint density at radius 1 is 0.818 bits per heavy atom. The zero-order valence-electron chi connectivity index (χ0n) is 32.9. The largest absolute Gasteiger partial charge is 0.462 e. The van der Waals surface area contributed by atoms with Crippen molar-refractivity contribution in [3.63, 3.8) is 0 Å². The molecule has 55 heavy (non-hydrogen) atoms. The Morgan fingerprint density at radius 2 is 1.29 bits per heavy atom. The molecule has 0 aromatic carbocycles. The molecule has 2 saturated carbocycles. The summed E-state index contributed by atoms with van der Waals surface area (Å²) in [7, 11) is 0. The summed E-state index contributed by atoms with van der Waals surface area (Å²) in [6.07, 6.45) is -12.1. The molecule has 17 heteroatoms. The number of carbonyl (C=O) groups is 7. The third kappa shape index (κ3) is 8.51. The van der Waals surface area contributed by atoms with Gasteiger partial charge in [0.25, 0.3) is 0 Å². The van der Waals surface area contributed by atoms with E-state index in [0.717, 1.165) is 27.7 Å². The minimum atomic E-state index is -2.56. The first-order valence-corrected chi connectivity index (χ1v) is 18.8. The van der Waals surface area contributed by atoms with Gasteiger partial charge in [-0.3, -0.25) is 33.6 Å². The lowest BCUT2D eigenvalue weighted by Gasteiger charge is -2.60. The monoisotopic (exact) mass is 800 g/mol.